The Morgan fingerprint density at radius 2 is 1.41 bits per heavy atom. The molecular formula is C28H30NO3+. The second-order valence-electron chi connectivity index (χ2n) is 8.40. The monoisotopic (exact) mass is 428 g/mol. The van der Waals surface area contributed by atoms with Crippen molar-refractivity contribution < 1.29 is 19.9 Å². The van der Waals surface area contributed by atoms with E-state index in [1.807, 2.05) is 54.6 Å². The van der Waals surface area contributed by atoms with Crippen LogP contribution < -0.4 is 14.8 Å². The molecule has 3 aromatic carbocycles. The van der Waals surface area contributed by atoms with Crippen LogP contribution in [-0.2, 0) is 0 Å². The molecule has 1 aliphatic rings. The molecule has 4 rings (SSSR count). The maximum atomic E-state index is 11.8. The van der Waals surface area contributed by atoms with Crippen molar-refractivity contribution in [2.75, 3.05) is 14.2 Å². The van der Waals surface area contributed by atoms with Crippen LogP contribution >= 0.6 is 0 Å². The van der Waals surface area contributed by atoms with Gasteiger partial charge in [-0.15, -0.1) is 0 Å². The molecule has 0 unspecified atom stereocenters. The van der Waals surface area contributed by atoms with Crippen LogP contribution in [0.3, 0.4) is 0 Å². The number of ether oxygens (including phenoxy) is 2. The Bertz CT molecular complexity index is 1080. The number of quaternary nitrogens is 1. The minimum absolute atomic E-state index is 0.0526. The highest BCUT2D eigenvalue weighted by Crippen LogP contribution is 2.39. The largest absolute Gasteiger partial charge is 0.497 e. The Morgan fingerprint density at radius 3 is 1.97 bits per heavy atom. The van der Waals surface area contributed by atoms with E-state index in [0.717, 1.165) is 28.2 Å². The topological polar surface area (TPSA) is 55.3 Å². The summed E-state index contributed by atoms with van der Waals surface area (Å²) in [6.07, 6.45) is 0.549. The van der Waals surface area contributed by atoms with Gasteiger partial charge in [-0.05, 0) is 60.7 Å². The fraction of sp³-hybridized carbons (Fsp3) is 0.286. The van der Waals surface area contributed by atoms with E-state index in [1.165, 1.54) is 0 Å². The molecule has 3 aromatic rings. The molecule has 1 saturated heterocycles. The van der Waals surface area contributed by atoms with E-state index >= 15 is 0 Å². The summed E-state index contributed by atoms with van der Waals surface area (Å²) in [7, 11) is 3.34. The molecule has 1 aliphatic heterocycles. The molecule has 0 amide bonds. The summed E-state index contributed by atoms with van der Waals surface area (Å²) < 4.78 is 10.7. The summed E-state index contributed by atoms with van der Waals surface area (Å²) in [4.78, 5) is 0. The van der Waals surface area contributed by atoms with Gasteiger partial charge < -0.3 is 19.9 Å². The van der Waals surface area contributed by atoms with Gasteiger partial charge >= 0.3 is 0 Å². The molecule has 4 heteroatoms. The molecule has 1 heterocycles. The number of aliphatic hydroxyl groups is 1. The number of hydrogen-bond acceptors (Lipinski definition) is 3. The van der Waals surface area contributed by atoms with E-state index in [4.69, 9.17) is 9.47 Å². The predicted octanol–water partition coefficient (Wildman–Crippen LogP) is 3.87. The summed E-state index contributed by atoms with van der Waals surface area (Å²) in [5.74, 6) is 8.03. The van der Waals surface area contributed by atoms with Crippen molar-refractivity contribution in [3.05, 3.63) is 95.6 Å². The molecule has 4 atom stereocenters. The summed E-state index contributed by atoms with van der Waals surface area (Å²) in [5.41, 5.74) is 2.08. The number of piperidine rings is 1. The molecule has 0 bridgehead atoms. The van der Waals surface area contributed by atoms with Gasteiger partial charge in [-0.25, -0.2) is 0 Å². The van der Waals surface area contributed by atoms with Gasteiger partial charge in [0.05, 0.1) is 20.1 Å². The lowest BCUT2D eigenvalue weighted by atomic mass is 9.72. The predicted molar refractivity (Wildman–Crippen MR) is 125 cm³/mol. The van der Waals surface area contributed by atoms with E-state index in [-0.39, 0.29) is 18.0 Å². The van der Waals surface area contributed by atoms with Gasteiger partial charge in [-0.1, -0.05) is 37.0 Å². The average Bonchev–Trinajstić information content (AvgIpc) is 2.85. The zero-order valence-corrected chi connectivity index (χ0v) is 18.8. The van der Waals surface area contributed by atoms with Gasteiger partial charge in [0.15, 0.2) is 0 Å². The lowest BCUT2D eigenvalue weighted by Gasteiger charge is -2.42. The van der Waals surface area contributed by atoms with E-state index < -0.39 is 5.60 Å². The lowest BCUT2D eigenvalue weighted by molar-refractivity contribution is -0.755. The van der Waals surface area contributed by atoms with Crippen LogP contribution in [0.1, 0.15) is 42.1 Å². The summed E-state index contributed by atoms with van der Waals surface area (Å²) in [6.45, 7) is 2.09. The summed E-state index contributed by atoms with van der Waals surface area (Å²) in [6, 6.07) is 26.2. The number of methoxy groups -OCH3 is 2. The minimum atomic E-state index is -1.13. The molecule has 32 heavy (non-hydrogen) atoms. The zero-order chi connectivity index (χ0) is 22.6. The van der Waals surface area contributed by atoms with Gasteiger partial charge in [0.2, 0.25) is 0 Å². The van der Waals surface area contributed by atoms with Crippen molar-refractivity contribution in [2.24, 2.45) is 5.92 Å². The Morgan fingerprint density at radius 1 is 0.844 bits per heavy atom. The maximum absolute atomic E-state index is 11.8. The van der Waals surface area contributed by atoms with Crippen LogP contribution in [0.5, 0.6) is 11.5 Å². The standard InChI is InChI=1S/C28H29NO3/c1-20-27(23-11-15-25(32-3)16-12-23)29-26(22-9-13-24(31-2)14-10-22)19-28(20,30)18-17-21-7-5-4-6-8-21/h4-16,20,26-27,29-30H,19H2,1-3H3/p+1/t20-,26+,27+,28-/m1/s1. The highest BCUT2D eigenvalue weighted by Gasteiger charge is 2.48. The van der Waals surface area contributed by atoms with Crippen LogP contribution in [0.25, 0.3) is 0 Å². The highest BCUT2D eigenvalue weighted by molar-refractivity contribution is 5.38. The van der Waals surface area contributed by atoms with Crippen LogP contribution in [0.15, 0.2) is 78.9 Å². The Hall–Kier alpha value is -3.26. The normalized spacial score (nSPS) is 24.8. The number of rotatable bonds is 4. The van der Waals surface area contributed by atoms with Gasteiger partial charge in [-0.3, -0.25) is 0 Å². The fourth-order valence-corrected chi connectivity index (χ4v) is 4.48. The van der Waals surface area contributed by atoms with Gasteiger partial charge in [0.25, 0.3) is 0 Å². The average molecular weight is 429 g/mol. The van der Waals surface area contributed by atoms with E-state index in [2.05, 4.69) is 48.3 Å². The van der Waals surface area contributed by atoms with Crippen molar-refractivity contribution in [3.63, 3.8) is 0 Å². The third-order valence-corrected chi connectivity index (χ3v) is 6.50. The summed E-state index contributed by atoms with van der Waals surface area (Å²) in [5, 5.41) is 14.2. The molecule has 0 aromatic heterocycles. The molecule has 164 valence electrons. The molecular weight excluding hydrogens is 398 g/mol. The van der Waals surface area contributed by atoms with Crippen LogP contribution in [0.2, 0.25) is 0 Å². The van der Waals surface area contributed by atoms with Crippen LogP contribution in [0, 0.1) is 17.8 Å². The van der Waals surface area contributed by atoms with Gasteiger partial charge in [0, 0.05) is 23.1 Å². The number of benzene rings is 3. The Labute approximate surface area is 190 Å². The third kappa shape index (κ3) is 4.65. The SMILES string of the molecule is COc1ccc([C@@H]2C[C@](O)(C#Cc3ccccc3)[C@H](C)[C@@H](c3ccc(OC)cc3)[NH2+]2)cc1. The van der Waals surface area contributed by atoms with E-state index in [0.29, 0.717) is 6.42 Å². The lowest BCUT2D eigenvalue weighted by Crippen LogP contribution is -2.91. The molecule has 0 radical (unpaired) electrons. The van der Waals surface area contributed by atoms with E-state index in [1.54, 1.807) is 14.2 Å². The van der Waals surface area contributed by atoms with Crippen LogP contribution in [-0.4, -0.2) is 24.9 Å². The van der Waals surface area contributed by atoms with Gasteiger partial charge in [-0.2, -0.15) is 0 Å². The maximum Gasteiger partial charge on any atom is 0.140 e. The van der Waals surface area contributed by atoms with Crippen molar-refractivity contribution >= 4 is 0 Å². The smallest absolute Gasteiger partial charge is 0.140 e. The first-order valence-electron chi connectivity index (χ1n) is 11.0. The summed E-state index contributed by atoms with van der Waals surface area (Å²) >= 11 is 0. The second kappa shape index (κ2) is 9.48. The van der Waals surface area contributed by atoms with Crippen molar-refractivity contribution in [1.29, 1.82) is 0 Å². The molecule has 3 N–H and O–H groups in total. The Kier molecular flexibility index (Phi) is 6.50. The Balaban J connectivity index is 1.71. The molecule has 0 saturated carbocycles. The third-order valence-electron chi connectivity index (χ3n) is 6.50. The van der Waals surface area contributed by atoms with Crippen LogP contribution in [0.4, 0.5) is 0 Å². The second-order valence-corrected chi connectivity index (χ2v) is 8.40. The first-order chi connectivity index (χ1) is 15.5. The number of hydrogen-bond donors (Lipinski definition) is 2. The van der Waals surface area contributed by atoms with E-state index in [9.17, 15) is 5.11 Å². The molecule has 1 fully saturated rings. The molecule has 0 spiro atoms. The van der Waals surface area contributed by atoms with Gasteiger partial charge in [0.1, 0.15) is 29.2 Å². The molecule has 4 nitrogen and oxygen atoms in total. The fourth-order valence-electron chi connectivity index (χ4n) is 4.48. The minimum Gasteiger partial charge on any atom is -0.497 e. The quantitative estimate of drug-likeness (QED) is 0.621. The first kappa shape index (κ1) is 22.0. The van der Waals surface area contributed by atoms with Crippen molar-refractivity contribution in [3.8, 4) is 23.3 Å². The van der Waals surface area contributed by atoms with Crippen molar-refractivity contribution in [1.82, 2.24) is 0 Å². The highest BCUT2D eigenvalue weighted by atomic mass is 16.5. The number of nitrogens with two attached hydrogens (primary N) is 1. The van der Waals surface area contributed by atoms with Crippen molar-refractivity contribution in [2.45, 2.75) is 31.0 Å². The first-order valence-corrected chi connectivity index (χ1v) is 11.0. The molecule has 0 aliphatic carbocycles. The zero-order valence-electron chi connectivity index (χ0n) is 18.8.